The van der Waals surface area contributed by atoms with Crippen molar-refractivity contribution in [2.24, 2.45) is 10.2 Å². The molecule has 2 heterocycles. The highest BCUT2D eigenvalue weighted by Gasteiger charge is 2.29. The van der Waals surface area contributed by atoms with E-state index in [0.717, 1.165) is 35.8 Å². The molecule has 0 radical (unpaired) electrons. The van der Waals surface area contributed by atoms with E-state index >= 15 is 0 Å². The summed E-state index contributed by atoms with van der Waals surface area (Å²) in [6, 6.07) is 5.51. The summed E-state index contributed by atoms with van der Waals surface area (Å²) >= 11 is 4.77. The first-order valence-electron chi connectivity index (χ1n) is 8.30. The summed E-state index contributed by atoms with van der Waals surface area (Å²) in [5.74, 6) is 0.159. The van der Waals surface area contributed by atoms with Crippen molar-refractivity contribution in [2.75, 3.05) is 17.6 Å². The molecule has 2 aliphatic heterocycles. The summed E-state index contributed by atoms with van der Waals surface area (Å²) in [6.45, 7) is 2.81. The summed E-state index contributed by atoms with van der Waals surface area (Å²) in [5, 5.41) is 11.7. The van der Waals surface area contributed by atoms with E-state index in [1.54, 1.807) is 4.90 Å². The van der Waals surface area contributed by atoms with Crippen LogP contribution in [0, 0.1) is 0 Å². The first kappa shape index (κ1) is 18.1. The van der Waals surface area contributed by atoms with Crippen LogP contribution in [0.2, 0.25) is 0 Å². The molecule has 0 aliphatic carbocycles. The minimum absolute atomic E-state index is 0.0551. The van der Waals surface area contributed by atoms with Gasteiger partial charge in [0.05, 0.1) is 11.4 Å². The van der Waals surface area contributed by atoms with Gasteiger partial charge in [0.25, 0.3) is 5.91 Å². The lowest BCUT2D eigenvalue weighted by Crippen LogP contribution is -2.30. The van der Waals surface area contributed by atoms with E-state index in [9.17, 15) is 9.59 Å². The van der Waals surface area contributed by atoms with Gasteiger partial charge in [0.2, 0.25) is 5.91 Å². The normalized spacial score (nSPS) is 19.8. The second kappa shape index (κ2) is 8.14. The Bertz CT molecular complexity index is 763. The molecule has 0 spiro atoms. The fourth-order valence-electron chi connectivity index (χ4n) is 2.71. The van der Waals surface area contributed by atoms with Crippen LogP contribution in [0.1, 0.15) is 38.2 Å². The Morgan fingerprint density at radius 3 is 2.88 bits per heavy atom. The van der Waals surface area contributed by atoms with Gasteiger partial charge in [0.1, 0.15) is 0 Å². The molecule has 1 aromatic carbocycles. The molecule has 1 aromatic rings. The number of hydrogen-bond donors (Lipinski definition) is 1. The van der Waals surface area contributed by atoms with Gasteiger partial charge in [-0.15, -0.1) is 10.2 Å². The molecule has 6 nitrogen and oxygen atoms in total. The Hall–Kier alpha value is -1.67. The molecule has 25 heavy (non-hydrogen) atoms. The molecule has 132 valence electrons. The summed E-state index contributed by atoms with van der Waals surface area (Å²) in [5.41, 5.74) is 1.71. The second-order valence-corrected chi connectivity index (χ2v) is 7.73. The number of fused-ring (bicyclic) bond motifs is 1. The number of amides is 2. The van der Waals surface area contributed by atoms with Crippen molar-refractivity contribution in [1.29, 1.82) is 0 Å². The SMILES string of the molecule is CCCCCCN1C(=O)CS/C1=N\N=C1/C(=O)Nc2ccc(Br)cc21. The van der Waals surface area contributed by atoms with Gasteiger partial charge in [-0.3, -0.25) is 14.5 Å². The molecular formula is C17H19BrN4O2S. The van der Waals surface area contributed by atoms with E-state index in [1.807, 2.05) is 18.2 Å². The first-order chi connectivity index (χ1) is 12.1. The van der Waals surface area contributed by atoms with E-state index in [-0.39, 0.29) is 17.5 Å². The van der Waals surface area contributed by atoms with Gasteiger partial charge in [0.15, 0.2) is 10.9 Å². The smallest absolute Gasteiger partial charge is 0.276 e. The number of amidine groups is 1. The quantitative estimate of drug-likeness (QED) is 0.561. The molecule has 3 rings (SSSR count). The number of hydrogen-bond acceptors (Lipinski definition) is 5. The fourth-order valence-corrected chi connectivity index (χ4v) is 3.92. The highest BCUT2D eigenvalue weighted by atomic mass is 79.9. The highest BCUT2D eigenvalue weighted by molar-refractivity contribution is 9.10. The van der Waals surface area contributed by atoms with Crippen LogP contribution in [-0.4, -0.2) is 39.9 Å². The van der Waals surface area contributed by atoms with Gasteiger partial charge >= 0.3 is 0 Å². The molecule has 1 saturated heterocycles. The number of carbonyl (C=O) groups is 2. The van der Waals surface area contributed by atoms with Crippen LogP contribution in [0.15, 0.2) is 32.9 Å². The predicted molar refractivity (Wildman–Crippen MR) is 105 cm³/mol. The van der Waals surface area contributed by atoms with Gasteiger partial charge in [-0.05, 0) is 24.6 Å². The lowest BCUT2D eigenvalue weighted by molar-refractivity contribution is -0.124. The molecule has 0 saturated carbocycles. The average molecular weight is 423 g/mol. The number of halogens is 1. The standard InChI is InChI=1S/C17H19BrN4O2S/c1-2-3-4-5-8-22-14(23)10-25-17(22)21-20-15-12-9-11(18)6-7-13(12)19-16(15)24/h6-7,9H,2-5,8,10H2,1H3,(H,19,20,24)/b21-17-. The molecule has 2 aliphatic rings. The number of nitrogens with zero attached hydrogens (tertiary/aromatic N) is 3. The zero-order valence-corrected chi connectivity index (χ0v) is 16.3. The molecule has 0 unspecified atom stereocenters. The Kier molecular flexibility index (Phi) is 5.90. The molecule has 1 N–H and O–H groups in total. The van der Waals surface area contributed by atoms with Gasteiger partial charge in [-0.25, -0.2) is 0 Å². The van der Waals surface area contributed by atoms with Gasteiger partial charge < -0.3 is 5.32 Å². The predicted octanol–water partition coefficient (Wildman–Crippen LogP) is 3.62. The molecule has 1 fully saturated rings. The van der Waals surface area contributed by atoms with Gasteiger partial charge in [-0.1, -0.05) is 53.9 Å². The van der Waals surface area contributed by atoms with E-state index in [2.05, 4.69) is 38.4 Å². The molecule has 8 heteroatoms. The number of benzene rings is 1. The van der Waals surface area contributed by atoms with E-state index in [1.165, 1.54) is 11.8 Å². The average Bonchev–Trinajstić information content (AvgIpc) is 3.09. The van der Waals surface area contributed by atoms with Crippen molar-refractivity contribution in [2.45, 2.75) is 32.6 Å². The van der Waals surface area contributed by atoms with Crippen molar-refractivity contribution in [3.05, 3.63) is 28.2 Å². The minimum atomic E-state index is -0.277. The number of carbonyl (C=O) groups excluding carboxylic acids is 2. The Balaban J connectivity index is 1.78. The lowest BCUT2D eigenvalue weighted by atomic mass is 10.1. The van der Waals surface area contributed by atoms with E-state index in [4.69, 9.17) is 0 Å². The highest BCUT2D eigenvalue weighted by Crippen LogP contribution is 2.27. The third kappa shape index (κ3) is 4.12. The third-order valence-electron chi connectivity index (χ3n) is 4.03. The maximum absolute atomic E-state index is 12.1. The number of anilines is 1. The number of thioether (sulfide) groups is 1. The molecule has 0 atom stereocenters. The lowest BCUT2D eigenvalue weighted by Gasteiger charge is -2.14. The fraction of sp³-hybridized carbons (Fsp3) is 0.412. The maximum atomic E-state index is 12.1. The summed E-state index contributed by atoms with van der Waals surface area (Å²) in [6.07, 6.45) is 4.36. The van der Waals surface area contributed by atoms with Crippen molar-refractivity contribution in [1.82, 2.24) is 4.90 Å². The van der Waals surface area contributed by atoms with Crippen LogP contribution >= 0.6 is 27.7 Å². The van der Waals surface area contributed by atoms with Crippen LogP contribution in [0.5, 0.6) is 0 Å². The number of unbranched alkanes of at least 4 members (excludes halogenated alkanes) is 3. The molecular weight excluding hydrogens is 404 g/mol. The molecule has 0 bridgehead atoms. The topological polar surface area (TPSA) is 74.1 Å². The molecule has 2 amide bonds. The molecule has 0 aromatic heterocycles. The monoisotopic (exact) mass is 422 g/mol. The van der Waals surface area contributed by atoms with Crippen LogP contribution in [0.25, 0.3) is 0 Å². The van der Waals surface area contributed by atoms with Crippen molar-refractivity contribution >= 4 is 56.1 Å². The van der Waals surface area contributed by atoms with Crippen LogP contribution in [0.4, 0.5) is 5.69 Å². The van der Waals surface area contributed by atoms with Crippen LogP contribution < -0.4 is 5.32 Å². The van der Waals surface area contributed by atoms with Gasteiger partial charge in [-0.2, -0.15) is 0 Å². The first-order valence-corrected chi connectivity index (χ1v) is 10.1. The van der Waals surface area contributed by atoms with Crippen LogP contribution in [0.3, 0.4) is 0 Å². The zero-order chi connectivity index (χ0) is 17.8. The zero-order valence-electron chi connectivity index (χ0n) is 13.9. The number of nitrogens with one attached hydrogen (secondary N) is 1. The van der Waals surface area contributed by atoms with Crippen molar-refractivity contribution < 1.29 is 9.59 Å². The van der Waals surface area contributed by atoms with Gasteiger partial charge in [0, 0.05) is 16.6 Å². The third-order valence-corrected chi connectivity index (χ3v) is 5.47. The van der Waals surface area contributed by atoms with Crippen molar-refractivity contribution in [3.63, 3.8) is 0 Å². The number of rotatable bonds is 6. The Labute approximate surface area is 159 Å². The Morgan fingerprint density at radius 1 is 1.24 bits per heavy atom. The van der Waals surface area contributed by atoms with E-state index < -0.39 is 0 Å². The minimum Gasteiger partial charge on any atom is -0.320 e. The van der Waals surface area contributed by atoms with Crippen molar-refractivity contribution in [3.8, 4) is 0 Å². The summed E-state index contributed by atoms with van der Waals surface area (Å²) < 4.78 is 0.867. The summed E-state index contributed by atoms with van der Waals surface area (Å²) in [4.78, 5) is 25.8. The Morgan fingerprint density at radius 2 is 2.08 bits per heavy atom. The maximum Gasteiger partial charge on any atom is 0.276 e. The summed E-state index contributed by atoms with van der Waals surface area (Å²) in [7, 11) is 0. The van der Waals surface area contributed by atoms with E-state index in [0.29, 0.717) is 23.0 Å². The van der Waals surface area contributed by atoms with Crippen LogP contribution in [-0.2, 0) is 9.59 Å². The largest absolute Gasteiger partial charge is 0.320 e. The second-order valence-electron chi connectivity index (χ2n) is 5.87.